The molecule has 0 aliphatic carbocycles. The van der Waals surface area contributed by atoms with Crippen LogP contribution >= 0.6 is 0 Å². The van der Waals surface area contributed by atoms with E-state index in [1.54, 1.807) is 0 Å². The maximum atomic E-state index is 6.25. The van der Waals surface area contributed by atoms with E-state index in [4.69, 9.17) is 5.73 Å². The Morgan fingerprint density at radius 3 is 2.42 bits per heavy atom. The molecule has 0 saturated carbocycles. The molecule has 1 saturated heterocycles. The summed E-state index contributed by atoms with van der Waals surface area (Å²) in [4.78, 5) is 2.53. The predicted octanol–water partition coefficient (Wildman–Crippen LogP) is 4.11. The van der Waals surface area contributed by atoms with Crippen molar-refractivity contribution < 1.29 is 0 Å². The maximum absolute atomic E-state index is 6.25. The molecule has 0 amide bonds. The highest BCUT2D eigenvalue weighted by molar-refractivity contribution is 5.55. The normalized spacial score (nSPS) is 20.3. The summed E-state index contributed by atoms with van der Waals surface area (Å²) in [5.41, 5.74) is 9.46. The molecule has 1 aliphatic heterocycles. The van der Waals surface area contributed by atoms with Crippen LogP contribution in [0, 0.1) is 5.41 Å². The Balaban J connectivity index is 2.15. The van der Waals surface area contributed by atoms with Crippen molar-refractivity contribution in [3.05, 3.63) is 29.8 Å². The van der Waals surface area contributed by atoms with E-state index >= 15 is 0 Å². The number of nitrogens with two attached hydrogens (primary N) is 1. The van der Waals surface area contributed by atoms with Crippen LogP contribution in [0.3, 0.4) is 0 Å². The Labute approximate surface area is 118 Å². The Hall–Kier alpha value is -1.02. The molecular formula is C17H28N2. The number of piperidine rings is 1. The average molecular weight is 260 g/mol. The summed E-state index contributed by atoms with van der Waals surface area (Å²) in [6.45, 7) is 9.23. The number of rotatable bonds is 4. The van der Waals surface area contributed by atoms with Gasteiger partial charge in [0, 0.05) is 24.8 Å². The SMILES string of the molecule is CCC(N)c1ccccc1N1CCC(C)(CC)CC1. The summed E-state index contributed by atoms with van der Waals surface area (Å²) in [7, 11) is 0. The molecule has 1 aromatic rings. The van der Waals surface area contributed by atoms with Gasteiger partial charge in [-0.1, -0.05) is 45.4 Å². The quantitative estimate of drug-likeness (QED) is 0.882. The van der Waals surface area contributed by atoms with Crippen molar-refractivity contribution in [3.8, 4) is 0 Å². The van der Waals surface area contributed by atoms with Gasteiger partial charge in [-0.25, -0.2) is 0 Å². The summed E-state index contributed by atoms with van der Waals surface area (Å²) in [6.07, 6.45) is 4.87. The van der Waals surface area contributed by atoms with Gasteiger partial charge in [0.15, 0.2) is 0 Å². The summed E-state index contributed by atoms with van der Waals surface area (Å²) in [5, 5.41) is 0. The van der Waals surface area contributed by atoms with E-state index in [0.29, 0.717) is 5.41 Å². The molecule has 1 aliphatic rings. The number of benzene rings is 1. The number of nitrogens with zero attached hydrogens (tertiary/aromatic N) is 1. The molecule has 1 atom stereocenters. The van der Waals surface area contributed by atoms with Crippen LogP contribution in [0.4, 0.5) is 5.69 Å². The van der Waals surface area contributed by atoms with Crippen LogP contribution in [-0.4, -0.2) is 13.1 Å². The van der Waals surface area contributed by atoms with Crippen molar-refractivity contribution in [2.45, 2.75) is 52.5 Å². The van der Waals surface area contributed by atoms with E-state index in [1.165, 1.54) is 30.5 Å². The fraction of sp³-hybridized carbons (Fsp3) is 0.647. The fourth-order valence-corrected chi connectivity index (χ4v) is 2.95. The van der Waals surface area contributed by atoms with Crippen LogP contribution in [0.15, 0.2) is 24.3 Å². The summed E-state index contributed by atoms with van der Waals surface area (Å²) >= 11 is 0. The van der Waals surface area contributed by atoms with Gasteiger partial charge in [0.05, 0.1) is 0 Å². The van der Waals surface area contributed by atoms with Gasteiger partial charge in [-0.05, 0) is 36.3 Å². The molecule has 2 nitrogen and oxygen atoms in total. The zero-order chi connectivity index (χ0) is 13.9. The first-order valence-electron chi connectivity index (χ1n) is 7.69. The zero-order valence-corrected chi connectivity index (χ0v) is 12.7. The van der Waals surface area contributed by atoms with E-state index in [9.17, 15) is 0 Å². The number of para-hydroxylation sites is 1. The van der Waals surface area contributed by atoms with Crippen LogP contribution in [-0.2, 0) is 0 Å². The highest BCUT2D eigenvalue weighted by atomic mass is 15.1. The van der Waals surface area contributed by atoms with Crippen LogP contribution in [0.1, 0.15) is 58.1 Å². The smallest absolute Gasteiger partial charge is 0.0414 e. The van der Waals surface area contributed by atoms with E-state index in [0.717, 1.165) is 19.5 Å². The second kappa shape index (κ2) is 5.96. The third kappa shape index (κ3) is 3.11. The number of anilines is 1. The van der Waals surface area contributed by atoms with E-state index < -0.39 is 0 Å². The van der Waals surface area contributed by atoms with Crippen molar-refractivity contribution in [1.29, 1.82) is 0 Å². The van der Waals surface area contributed by atoms with Crippen molar-refractivity contribution >= 4 is 5.69 Å². The Morgan fingerprint density at radius 1 is 1.21 bits per heavy atom. The molecule has 2 heteroatoms. The molecular weight excluding hydrogens is 232 g/mol. The van der Waals surface area contributed by atoms with Crippen LogP contribution in [0.2, 0.25) is 0 Å². The van der Waals surface area contributed by atoms with Gasteiger partial charge in [-0.15, -0.1) is 0 Å². The minimum atomic E-state index is 0.163. The third-order valence-electron chi connectivity index (χ3n) is 4.94. The Bertz CT molecular complexity index is 405. The average Bonchev–Trinajstić information content (AvgIpc) is 2.47. The second-order valence-corrected chi connectivity index (χ2v) is 6.22. The maximum Gasteiger partial charge on any atom is 0.0414 e. The van der Waals surface area contributed by atoms with Gasteiger partial charge in [-0.3, -0.25) is 0 Å². The molecule has 0 radical (unpaired) electrons. The van der Waals surface area contributed by atoms with Gasteiger partial charge in [0.25, 0.3) is 0 Å². The van der Waals surface area contributed by atoms with E-state index in [-0.39, 0.29) is 6.04 Å². The molecule has 1 fully saturated rings. The molecule has 106 valence electrons. The molecule has 19 heavy (non-hydrogen) atoms. The monoisotopic (exact) mass is 260 g/mol. The predicted molar refractivity (Wildman–Crippen MR) is 83.5 cm³/mol. The molecule has 1 aromatic carbocycles. The zero-order valence-electron chi connectivity index (χ0n) is 12.7. The molecule has 0 spiro atoms. The highest BCUT2D eigenvalue weighted by Gasteiger charge is 2.29. The minimum Gasteiger partial charge on any atom is -0.371 e. The van der Waals surface area contributed by atoms with Crippen molar-refractivity contribution in [2.24, 2.45) is 11.1 Å². The molecule has 2 rings (SSSR count). The summed E-state index contributed by atoms with van der Waals surface area (Å²) in [5.74, 6) is 0. The first-order chi connectivity index (χ1) is 9.09. The first-order valence-corrected chi connectivity index (χ1v) is 7.69. The van der Waals surface area contributed by atoms with Crippen LogP contribution < -0.4 is 10.6 Å². The molecule has 1 heterocycles. The largest absolute Gasteiger partial charge is 0.371 e. The second-order valence-electron chi connectivity index (χ2n) is 6.22. The van der Waals surface area contributed by atoms with Gasteiger partial charge in [-0.2, -0.15) is 0 Å². The van der Waals surface area contributed by atoms with E-state index in [1.807, 2.05) is 0 Å². The fourth-order valence-electron chi connectivity index (χ4n) is 2.95. The minimum absolute atomic E-state index is 0.163. The van der Waals surface area contributed by atoms with Crippen molar-refractivity contribution in [3.63, 3.8) is 0 Å². The molecule has 0 bridgehead atoms. The first kappa shape index (κ1) is 14.4. The lowest BCUT2D eigenvalue weighted by Gasteiger charge is -2.41. The summed E-state index contributed by atoms with van der Waals surface area (Å²) < 4.78 is 0. The van der Waals surface area contributed by atoms with Gasteiger partial charge >= 0.3 is 0 Å². The highest BCUT2D eigenvalue weighted by Crippen LogP contribution is 2.37. The van der Waals surface area contributed by atoms with E-state index in [2.05, 4.69) is 49.9 Å². The van der Waals surface area contributed by atoms with Crippen LogP contribution in [0.5, 0.6) is 0 Å². The van der Waals surface area contributed by atoms with Crippen molar-refractivity contribution in [2.75, 3.05) is 18.0 Å². The topological polar surface area (TPSA) is 29.3 Å². The number of hydrogen-bond acceptors (Lipinski definition) is 2. The molecule has 1 unspecified atom stereocenters. The van der Waals surface area contributed by atoms with Crippen molar-refractivity contribution in [1.82, 2.24) is 0 Å². The molecule has 0 aromatic heterocycles. The Morgan fingerprint density at radius 2 is 1.84 bits per heavy atom. The van der Waals surface area contributed by atoms with Gasteiger partial charge < -0.3 is 10.6 Å². The number of hydrogen-bond donors (Lipinski definition) is 1. The summed E-state index contributed by atoms with van der Waals surface area (Å²) in [6, 6.07) is 8.83. The van der Waals surface area contributed by atoms with Gasteiger partial charge in [0.2, 0.25) is 0 Å². The Kier molecular flexibility index (Phi) is 4.51. The lowest BCUT2D eigenvalue weighted by Crippen LogP contribution is -2.39. The lowest BCUT2D eigenvalue weighted by molar-refractivity contribution is 0.238. The van der Waals surface area contributed by atoms with Gasteiger partial charge in [0.1, 0.15) is 0 Å². The lowest BCUT2D eigenvalue weighted by atomic mass is 9.78. The molecule has 2 N–H and O–H groups in total. The third-order valence-corrected chi connectivity index (χ3v) is 4.94. The van der Waals surface area contributed by atoms with Crippen LogP contribution in [0.25, 0.3) is 0 Å². The standard InChI is InChI=1S/C17H28N2/c1-4-15(18)14-8-6-7-9-16(14)19-12-10-17(3,5-2)11-13-19/h6-9,15H,4-5,10-13,18H2,1-3H3.